The summed E-state index contributed by atoms with van der Waals surface area (Å²) in [5.41, 5.74) is 0.922. The number of methoxy groups -OCH3 is 1. The number of hydrogen-bond acceptors (Lipinski definition) is 3. The minimum atomic E-state index is 0.169. The van der Waals surface area contributed by atoms with Gasteiger partial charge < -0.3 is 9.64 Å². The van der Waals surface area contributed by atoms with Crippen molar-refractivity contribution in [2.45, 2.75) is 38.5 Å². The first-order valence-electron chi connectivity index (χ1n) is 7.53. The Balaban J connectivity index is 2.10. The Morgan fingerprint density at radius 1 is 1.25 bits per heavy atom. The normalized spacial score (nSPS) is 16.6. The molecule has 110 valence electrons. The van der Waals surface area contributed by atoms with Crippen molar-refractivity contribution >= 4 is 11.6 Å². The fourth-order valence-corrected chi connectivity index (χ4v) is 2.82. The van der Waals surface area contributed by atoms with Gasteiger partial charge in [0.25, 0.3) is 0 Å². The van der Waals surface area contributed by atoms with Gasteiger partial charge in [-0.2, -0.15) is 0 Å². The highest BCUT2D eigenvalue weighted by atomic mass is 16.5. The Morgan fingerprint density at radius 3 is 2.50 bits per heavy atom. The summed E-state index contributed by atoms with van der Waals surface area (Å²) in [5, 5.41) is 0. The van der Waals surface area contributed by atoms with Gasteiger partial charge >= 0.3 is 0 Å². The van der Waals surface area contributed by atoms with Crippen molar-refractivity contribution in [1.82, 2.24) is 4.98 Å². The Hall–Kier alpha value is -1.42. The maximum atomic E-state index is 12.8. The number of aromatic nitrogens is 1. The molecule has 1 heterocycles. The summed E-state index contributed by atoms with van der Waals surface area (Å²) in [5.74, 6) is 0.415. The van der Waals surface area contributed by atoms with Crippen LogP contribution >= 0.6 is 0 Å². The highest BCUT2D eigenvalue weighted by Gasteiger charge is 2.25. The van der Waals surface area contributed by atoms with Crippen LogP contribution in [0.15, 0.2) is 24.5 Å². The van der Waals surface area contributed by atoms with Crippen molar-refractivity contribution < 1.29 is 9.53 Å². The van der Waals surface area contributed by atoms with Crippen LogP contribution in [0.1, 0.15) is 38.5 Å². The molecular formula is C16H24N2O2. The lowest BCUT2D eigenvalue weighted by atomic mass is 9.98. The standard InChI is InChI=1S/C16H24N2O2/c1-20-13-12-18(15-8-10-17-11-9-15)16(19)14-6-4-2-3-5-7-14/h8-11,14H,2-7,12-13H2,1H3. The average Bonchev–Trinajstić information content (AvgIpc) is 2.77. The molecular weight excluding hydrogens is 252 g/mol. The van der Waals surface area contributed by atoms with Crippen LogP contribution in [0.2, 0.25) is 0 Å². The molecule has 0 N–H and O–H groups in total. The molecule has 1 aliphatic carbocycles. The fourth-order valence-electron chi connectivity index (χ4n) is 2.82. The Labute approximate surface area is 121 Å². The lowest BCUT2D eigenvalue weighted by Crippen LogP contribution is -2.38. The third-order valence-corrected chi connectivity index (χ3v) is 3.96. The number of anilines is 1. The Bertz CT molecular complexity index is 400. The van der Waals surface area contributed by atoms with Gasteiger partial charge in [-0.1, -0.05) is 25.7 Å². The highest BCUT2D eigenvalue weighted by molar-refractivity contribution is 5.94. The largest absolute Gasteiger partial charge is 0.383 e. The number of carbonyl (C=O) groups is 1. The molecule has 0 spiro atoms. The van der Waals surface area contributed by atoms with Crippen LogP contribution in [-0.2, 0) is 9.53 Å². The molecule has 0 atom stereocenters. The molecule has 0 saturated heterocycles. The van der Waals surface area contributed by atoms with Gasteiger partial charge in [0.2, 0.25) is 5.91 Å². The highest BCUT2D eigenvalue weighted by Crippen LogP contribution is 2.26. The fraction of sp³-hybridized carbons (Fsp3) is 0.625. The van der Waals surface area contributed by atoms with Crippen LogP contribution in [0.4, 0.5) is 5.69 Å². The summed E-state index contributed by atoms with van der Waals surface area (Å²) >= 11 is 0. The number of pyridine rings is 1. The minimum absolute atomic E-state index is 0.169. The lowest BCUT2D eigenvalue weighted by molar-refractivity contribution is -0.122. The molecule has 4 heteroatoms. The first-order valence-corrected chi connectivity index (χ1v) is 7.53. The summed E-state index contributed by atoms with van der Waals surface area (Å²) in [4.78, 5) is 18.7. The summed E-state index contributed by atoms with van der Waals surface area (Å²) < 4.78 is 5.15. The van der Waals surface area contributed by atoms with E-state index in [0.29, 0.717) is 13.2 Å². The van der Waals surface area contributed by atoms with Gasteiger partial charge in [0.15, 0.2) is 0 Å². The molecule has 4 nitrogen and oxygen atoms in total. The summed E-state index contributed by atoms with van der Waals surface area (Å²) in [7, 11) is 1.67. The van der Waals surface area contributed by atoms with E-state index in [1.165, 1.54) is 25.7 Å². The van der Waals surface area contributed by atoms with Crippen LogP contribution < -0.4 is 4.90 Å². The second-order valence-electron chi connectivity index (χ2n) is 5.38. The van der Waals surface area contributed by atoms with E-state index in [2.05, 4.69) is 4.98 Å². The molecule has 1 amide bonds. The summed E-state index contributed by atoms with van der Waals surface area (Å²) in [6.07, 6.45) is 10.4. The zero-order valence-corrected chi connectivity index (χ0v) is 12.3. The number of hydrogen-bond donors (Lipinski definition) is 0. The third kappa shape index (κ3) is 4.04. The molecule has 20 heavy (non-hydrogen) atoms. The topological polar surface area (TPSA) is 42.4 Å². The van der Waals surface area contributed by atoms with Gasteiger partial charge in [0.1, 0.15) is 0 Å². The molecule has 2 rings (SSSR count). The van der Waals surface area contributed by atoms with Crippen molar-refractivity contribution in [2.75, 3.05) is 25.2 Å². The Kier molecular flexibility index (Phi) is 5.99. The van der Waals surface area contributed by atoms with Gasteiger partial charge in [0, 0.05) is 37.7 Å². The Morgan fingerprint density at radius 2 is 1.90 bits per heavy atom. The third-order valence-electron chi connectivity index (χ3n) is 3.96. The van der Waals surface area contributed by atoms with E-state index in [1.54, 1.807) is 19.5 Å². The maximum Gasteiger partial charge on any atom is 0.230 e. The van der Waals surface area contributed by atoms with Crippen LogP contribution in [0.5, 0.6) is 0 Å². The van der Waals surface area contributed by atoms with E-state index in [0.717, 1.165) is 18.5 Å². The van der Waals surface area contributed by atoms with E-state index < -0.39 is 0 Å². The molecule has 0 radical (unpaired) electrons. The molecule has 1 aromatic heterocycles. The summed E-state index contributed by atoms with van der Waals surface area (Å²) in [6.45, 7) is 1.16. The lowest BCUT2D eigenvalue weighted by Gasteiger charge is -2.26. The maximum absolute atomic E-state index is 12.8. The molecule has 1 fully saturated rings. The summed E-state index contributed by atoms with van der Waals surface area (Å²) in [6, 6.07) is 3.79. The number of ether oxygens (including phenoxy) is 1. The molecule has 0 aromatic carbocycles. The van der Waals surface area contributed by atoms with Crippen molar-refractivity contribution in [1.29, 1.82) is 0 Å². The van der Waals surface area contributed by atoms with Crippen molar-refractivity contribution in [3.05, 3.63) is 24.5 Å². The van der Waals surface area contributed by atoms with Gasteiger partial charge in [0.05, 0.1) is 6.61 Å². The monoisotopic (exact) mass is 276 g/mol. The molecule has 1 aliphatic rings. The molecule has 1 saturated carbocycles. The molecule has 0 aliphatic heterocycles. The van der Waals surface area contributed by atoms with Crippen molar-refractivity contribution in [3.8, 4) is 0 Å². The minimum Gasteiger partial charge on any atom is -0.383 e. The molecule has 0 unspecified atom stereocenters. The second kappa shape index (κ2) is 8.00. The predicted octanol–water partition coefficient (Wildman–Crippen LogP) is 3.03. The SMILES string of the molecule is COCCN(C(=O)C1CCCCCC1)c1ccncc1. The predicted molar refractivity (Wildman–Crippen MR) is 79.7 cm³/mol. The van der Waals surface area contributed by atoms with E-state index in [1.807, 2.05) is 17.0 Å². The molecule has 1 aromatic rings. The van der Waals surface area contributed by atoms with E-state index in [4.69, 9.17) is 4.74 Å². The van der Waals surface area contributed by atoms with Crippen LogP contribution in [0.3, 0.4) is 0 Å². The van der Waals surface area contributed by atoms with E-state index >= 15 is 0 Å². The zero-order chi connectivity index (χ0) is 14.2. The van der Waals surface area contributed by atoms with Crippen LogP contribution in [0, 0.1) is 5.92 Å². The zero-order valence-electron chi connectivity index (χ0n) is 12.3. The van der Waals surface area contributed by atoms with Gasteiger partial charge in [-0.05, 0) is 25.0 Å². The number of carbonyl (C=O) groups excluding carboxylic acids is 1. The van der Waals surface area contributed by atoms with Crippen LogP contribution in [0.25, 0.3) is 0 Å². The smallest absolute Gasteiger partial charge is 0.230 e. The number of nitrogens with zero attached hydrogens (tertiary/aromatic N) is 2. The van der Waals surface area contributed by atoms with Gasteiger partial charge in [-0.25, -0.2) is 0 Å². The second-order valence-corrected chi connectivity index (χ2v) is 5.38. The van der Waals surface area contributed by atoms with Crippen LogP contribution in [-0.4, -0.2) is 31.2 Å². The van der Waals surface area contributed by atoms with Crippen molar-refractivity contribution in [2.24, 2.45) is 5.92 Å². The average molecular weight is 276 g/mol. The number of rotatable bonds is 5. The first-order chi connectivity index (χ1) is 9.83. The van der Waals surface area contributed by atoms with Gasteiger partial charge in [-0.3, -0.25) is 9.78 Å². The quantitative estimate of drug-likeness (QED) is 0.776. The van der Waals surface area contributed by atoms with Crippen molar-refractivity contribution in [3.63, 3.8) is 0 Å². The van der Waals surface area contributed by atoms with E-state index in [-0.39, 0.29) is 11.8 Å². The first kappa shape index (κ1) is 15.0. The van der Waals surface area contributed by atoms with Gasteiger partial charge in [-0.15, -0.1) is 0 Å². The number of amides is 1. The van der Waals surface area contributed by atoms with E-state index in [9.17, 15) is 4.79 Å². The molecule has 0 bridgehead atoms.